The second kappa shape index (κ2) is 10.0. The Hall–Kier alpha value is -4.43. The first-order valence-electron chi connectivity index (χ1n) is 13.4. The summed E-state index contributed by atoms with van der Waals surface area (Å²) in [5.74, 6) is 0.499. The summed E-state index contributed by atoms with van der Waals surface area (Å²) >= 11 is 0. The SMILES string of the molecule is Fc1ccccc1-c1nccc2[nH]c(-c3n[nH]c4ncc(-c5cncc(CNCC6CCCC6)c5)cc34)cc12. The third-order valence-corrected chi connectivity index (χ3v) is 7.71. The topological polar surface area (TPSA) is 95.2 Å². The van der Waals surface area contributed by atoms with Crippen LogP contribution < -0.4 is 5.32 Å². The van der Waals surface area contributed by atoms with Crippen molar-refractivity contribution in [3.63, 3.8) is 0 Å². The van der Waals surface area contributed by atoms with Gasteiger partial charge in [0.2, 0.25) is 0 Å². The molecule has 1 aliphatic carbocycles. The maximum Gasteiger partial charge on any atom is 0.155 e. The molecular weight excluding hydrogens is 489 g/mol. The summed E-state index contributed by atoms with van der Waals surface area (Å²) in [6.45, 7) is 1.87. The van der Waals surface area contributed by atoms with Gasteiger partial charge >= 0.3 is 0 Å². The van der Waals surface area contributed by atoms with E-state index in [-0.39, 0.29) is 5.82 Å². The molecule has 6 aromatic rings. The average molecular weight is 518 g/mol. The number of fused-ring (bicyclic) bond motifs is 2. The smallest absolute Gasteiger partial charge is 0.155 e. The van der Waals surface area contributed by atoms with Gasteiger partial charge in [0.05, 0.1) is 11.4 Å². The zero-order valence-electron chi connectivity index (χ0n) is 21.4. The normalized spacial score (nSPS) is 14.1. The average Bonchev–Trinajstić information content (AvgIpc) is 3.73. The van der Waals surface area contributed by atoms with Gasteiger partial charge in [0.25, 0.3) is 0 Å². The van der Waals surface area contributed by atoms with Crippen molar-refractivity contribution in [3.8, 4) is 33.8 Å². The summed E-state index contributed by atoms with van der Waals surface area (Å²) < 4.78 is 14.6. The van der Waals surface area contributed by atoms with Gasteiger partial charge in [-0.15, -0.1) is 0 Å². The molecule has 7 rings (SSSR count). The van der Waals surface area contributed by atoms with Gasteiger partial charge in [0, 0.05) is 64.3 Å². The summed E-state index contributed by atoms with van der Waals surface area (Å²) in [5, 5.41) is 13.0. The summed E-state index contributed by atoms with van der Waals surface area (Å²) in [6.07, 6.45) is 12.7. The second-order valence-electron chi connectivity index (χ2n) is 10.3. The van der Waals surface area contributed by atoms with E-state index in [0.29, 0.717) is 16.9 Å². The Morgan fingerprint density at radius 3 is 2.67 bits per heavy atom. The number of halogens is 1. The Morgan fingerprint density at radius 1 is 0.897 bits per heavy atom. The van der Waals surface area contributed by atoms with Crippen molar-refractivity contribution < 1.29 is 4.39 Å². The highest BCUT2D eigenvalue weighted by molar-refractivity contribution is 6.00. The molecule has 39 heavy (non-hydrogen) atoms. The summed E-state index contributed by atoms with van der Waals surface area (Å²) in [7, 11) is 0. The number of aromatic nitrogens is 6. The van der Waals surface area contributed by atoms with Crippen molar-refractivity contribution in [3.05, 3.63) is 84.7 Å². The first-order chi connectivity index (χ1) is 19.2. The van der Waals surface area contributed by atoms with Crippen LogP contribution in [-0.4, -0.2) is 36.7 Å². The number of aromatic amines is 2. The molecule has 0 saturated heterocycles. The van der Waals surface area contributed by atoms with E-state index in [1.807, 2.05) is 36.8 Å². The molecule has 0 radical (unpaired) electrons. The van der Waals surface area contributed by atoms with Crippen molar-refractivity contribution in [2.75, 3.05) is 6.54 Å². The Kier molecular flexibility index (Phi) is 6.09. The minimum absolute atomic E-state index is 0.302. The Balaban J connectivity index is 1.21. The second-order valence-corrected chi connectivity index (χ2v) is 10.3. The highest BCUT2D eigenvalue weighted by atomic mass is 19.1. The van der Waals surface area contributed by atoms with E-state index in [1.54, 1.807) is 18.3 Å². The van der Waals surface area contributed by atoms with Crippen LogP contribution in [0.3, 0.4) is 0 Å². The number of benzene rings is 1. The zero-order chi connectivity index (χ0) is 26.2. The van der Waals surface area contributed by atoms with E-state index in [4.69, 9.17) is 0 Å². The maximum absolute atomic E-state index is 14.6. The third kappa shape index (κ3) is 4.57. The molecule has 0 amide bonds. The molecule has 1 fully saturated rings. The molecule has 3 N–H and O–H groups in total. The lowest BCUT2D eigenvalue weighted by atomic mass is 10.0. The molecule has 0 bridgehead atoms. The van der Waals surface area contributed by atoms with Crippen LogP contribution in [0.2, 0.25) is 0 Å². The lowest BCUT2D eigenvalue weighted by Gasteiger charge is -2.11. The summed E-state index contributed by atoms with van der Waals surface area (Å²) in [6, 6.07) is 14.8. The van der Waals surface area contributed by atoms with Gasteiger partial charge < -0.3 is 10.3 Å². The van der Waals surface area contributed by atoms with Gasteiger partial charge in [-0.25, -0.2) is 9.37 Å². The Morgan fingerprint density at radius 2 is 1.77 bits per heavy atom. The molecule has 0 unspecified atom stereocenters. The van der Waals surface area contributed by atoms with Crippen molar-refractivity contribution in [2.45, 2.75) is 32.2 Å². The van der Waals surface area contributed by atoms with Gasteiger partial charge in [-0.3, -0.25) is 15.1 Å². The van der Waals surface area contributed by atoms with E-state index in [0.717, 1.165) is 63.4 Å². The molecule has 0 aliphatic heterocycles. The monoisotopic (exact) mass is 517 g/mol. The molecule has 0 spiro atoms. The summed E-state index contributed by atoms with van der Waals surface area (Å²) in [4.78, 5) is 17.1. The fourth-order valence-electron chi connectivity index (χ4n) is 5.69. The van der Waals surface area contributed by atoms with E-state index in [2.05, 4.69) is 47.6 Å². The number of hydrogen-bond donors (Lipinski definition) is 3. The highest BCUT2D eigenvalue weighted by Gasteiger charge is 2.17. The molecule has 1 aromatic carbocycles. The van der Waals surface area contributed by atoms with Crippen molar-refractivity contribution >= 4 is 21.9 Å². The number of rotatable bonds is 7. The maximum atomic E-state index is 14.6. The van der Waals surface area contributed by atoms with Crippen LogP contribution in [0.25, 0.3) is 55.7 Å². The van der Waals surface area contributed by atoms with Crippen LogP contribution in [-0.2, 0) is 6.54 Å². The van der Waals surface area contributed by atoms with E-state index in [9.17, 15) is 4.39 Å². The van der Waals surface area contributed by atoms with Gasteiger partial charge in [-0.1, -0.05) is 25.0 Å². The van der Waals surface area contributed by atoms with Crippen LogP contribution in [0.15, 0.2) is 73.3 Å². The molecule has 0 atom stereocenters. The first kappa shape index (κ1) is 23.7. The predicted octanol–water partition coefficient (Wildman–Crippen LogP) is 6.65. The number of nitrogens with one attached hydrogen (secondary N) is 3. The van der Waals surface area contributed by atoms with Crippen LogP contribution in [0.5, 0.6) is 0 Å². The molecule has 7 nitrogen and oxygen atoms in total. The van der Waals surface area contributed by atoms with Crippen LogP contribution in [0, 0.1) is 11.7 Å². The number of hydrogen-bond acceptors (Lipinski definition) is 5. The van der Waals surface area contributed by atoms with Crippen molar-refractivity contribution in [2.24, 2.45) is 5.92 Å². The minimum atomic E-state index is -0.302. The third-order valence-electron chi connectivity index (χ3n) is 7.71. The zero-order valence-corrected chi connectivity index (χ0v) is 21.4. The minimum Gasteiger partial charge on any atom is -0.353 e. The van der Waals surface area contributed by atoms with Gasteiger partial charge in [-0.05, 0) is 67.3 Å². The standard InChI is InChI=1S/C31H28FN7/c32-26-8-4-3-7-23(26)29-24-13-28(37-27(24)9-10-35-29)30-25-12-22(18-36-31(25)39-38-30)21-11-20(16-34-17-21)15-33-14-19-5-1-2-6-19/h3-4,7-13,16-19,33,37H,1-2,5-6,14-15H2,(H,36,38,39). The fraction of sp³-hybridized carbons (Fsp3) is 0.226. The van der Waals surface area contributed by atoms with E-state index >= 15 is 0 Å². The van der Waals surface area contributed by atoms with Crippen molar-refractivity contribution in [1.29, 1.82) is 0 Å². The van der Waals surface area contributed by atoms with E-state index in [1.165, 1.54) is 31.7 Å². The van der Waals surface area contributed by atoms with Crippen LogP contribution >= 0.6 is 0 Å². The molecule has 5 aromatic heterocycles. The Bertz CT molecular complexity index is 1780. The van der Waals surface area contributed by atoms with Crippen LogP contribution in [0.4, 0.5) is 4.39 Å². The Labute approximate surface area is 224 Å². The van der Waals surface area contributed by atoms with Crippen molar-refractivity contribution in [1.82, 2.24) is 35.5 Å². The molecular formula is C31H28FN7. The van der Waals surface area contributed by atoms with Gasteiger partial charge in [0.15, 0.2) is 5.65 Å². The van der Waals surface area contributed by atoms with E-state index < -0.39 is 0 Å². The highest BCUT2D eigenvalue weighted by Crippen LogP contribution is 2.34. The molecule has 194 valence electrons. The fourth-order valence-corrected chi connectivity index (χ4v) is 5.69. The number of pyridine rings is 3. The first-order valence-corrected chi connectivity index (χ1v) is 13.4. The summed E-state index contributed by atoms with van der Waals surface area (Å²) in [5.41, 5.74) is 7.32. The predicted molar refractivity (Wildman–Crippen MR) is 151 cm³/mol. The quantitative estimate of drug-likeness (QED) is 0.220. The molecule has 1 saturated carbocycles. The lowest BCUT2D eigenvalue weighted by Crippen LogP contribution is -2.20. The van der Waals surface area contributed by atoms with Crippen LogP contribution in [0.1, 0.15) is 31.2 Å². The number of nitrogens with zero attached hydrogens (tertiary/aromatic N) is 4. The van der Waals surface area contributed by atoms with Gasteiger partial charge in [0.1, 0.15) is 11.5 Å². The molecule has 8 heteroatoms. The van der Waals surface area contributed by atoms with Gasteiger partial charge in [-0.2, -0.15) is 5.10 Å². The molecule has 5 heterocycles. The lowest BCUT2D eigenvalue weighted by molar-refractivity contribution is 0.489. The number of H-pyrrole nitrogens is 2. The molecule has 1 aliphatic rings. The largest absolute Gasteiger partial charge is 0.353 e.